The summed E-state index contributed by atoms with van der Waals surface area (Å²) < 4.78 is 5.47. The molecule has 0 N–H and O–H groups in total. The van der Waals surface area contributed by atoms with Gasteiger partial charge in [0.15, 0.2) is 0 Å². The molecule has 1 fully saturated rings. The summed E-state index contributed by atoms with van der Waals surface area (Å²) in [6.07, 6.45) is 5.43. The summed E-state index contributed by atoms with van der Waals surface area (Å²) in [6, 6.07) is 2.00. The Morgan fingerprint density at radius 3 is 2.67 bits per heavy atom. The molecule has 4 atom stereocenters. The van der Waals surface area contributed by atoms with Crippen LogP contribution < -0.4 is 0 Å². The van der Waals surface area contributed by atoms with E-state index in [2.05, 4.69) is 29.0 Å². The van der Waals surface area contributed by atoms with E-state index in [1.807, 2.05) is 6.07 Å². The van der Waals surface area contributed by atoms with Gasteiger partial charge in [-0.1, -0.05) is 13.8 Å². The van der Waals surface area contributed by atoms with Crippen LogP contribution in [0.1, 0.15) is 45.1 Å². The Bertz CT molecular complexity index is 557. The molecule has 0 amide bonds. The molecule has 0 aromatic carbocycles. The maximum atomic E-state index is 11.2. The van der Waals surface area contributed by atoms with Gasteiger partial charge < -0.3 is 4.74 Å². The molecule has 0 aliphatic heterocycles. The summed E-state index contributed by atoms with van der Waals surface area (Å²) in [5.74, 6) is 0.819. The van der Waals surface area contributed by atoms with Gasteiger partial charge in [-0.3, -0.25) is 9.78 Å². The molecule has 0 unspecified atom stereocenters. The Hall–Kier alpha value is -1.58. The molecular formula is C16H20N2O2S. The zero-order valence-electron chi connectivity index (χ0n) is 12.6. The molecule has 0 spiro atoms. The number of pyridine rings is 1. The lowest BCUT2D eigenvalue weighted by Crippen LogP contribution is -2.37. The van der Waals surface area contributed by atoms with E-state index in [-0.39, 0.29) is 12.1 Å². The number of nitrogens with zero attached hydrogens (tertiary/aromatic N) is 2. The fourth-order valence-corrected chi connectivity index (χ4v) is 3.48. The third-order valence-electron chi connectivity index (χ3n) is 4.18. The number of hydrogen-bond donors (Lipinski definition) is 0. The average molecular weight is 304 g/mol. The summed E-state index contributed by atoms with van der Waals surface area (Å²) in [7, 11) is 0. The highest BCUT2D eigenvalue weighted by molar-refractivity contribution is 7.78. The first-order chi connectivity index (χ1) is 10.0. The third-order valence-corrected chi connectivity index (χ3v) is 4.27. The summed E-state index contributed by atoms with van der Waals surface area (Å²) >= 11 is 4.71. The van der Waals surface area contributed by atoms with E-state index < -0.39 is 0 Å². The second-order valence-electron chi connectivity index (χ2n) is 5.83. The SMILES string of the molecule is CC(=O)O[C@H]1[C@H](C)C[C@H](c2ccncc2N=C=S)C[C@@H]1C. The highest BCUT2D eigenvalue weighted by Crippen LogP contribution is 2.43. The van der Waals surface area contributed by atoms with Crippen LogP contribution in [0.4, 0.5) is 5.69 Å². The minimum Gasteiger partial charge on any atom is -0.462 e. The summed E-state index contributed by atoms with van der Waals surface area (Å²) in [6.45, 7) is 5.75. The van der Waals surface area contributed by atoms with E-state index in [0.29, 0.717) is 17.8 Å². The number of carbonyl (C=O) groups is 1. The van der Waals surface area contributed by atoms with Crippen molar-refractivity contribution >= 4 is 29.0 Å². The van der Waals surface area contributed by atoms with Gasteiger partial charge in [0.25, 0.3) is 0 Å². The number of carbonyl (C=O) groups excluding carboxylic acids is 1. The minimum absolute atomic E-state index is 0.00180. The van der Waals surface area contributed by atoms with Gasteiger partial charge in [-0.25, -0.2) is 0 Å². The molecule has 1 saturated carbocycles. The Kier molecular flexibility index (Phi) is 5.21. The molecule has 4 nitrogen and oxygen atoms in total. The van der Waals surface area contributed by atoms with Gasteiger partial charge in [-0.2, -0.15) is 4.99 Å². The number of ether oxygens (including phenoxy) is 1. The molecule has 0 saturated heterocycles. The molecule has 1 aromatic rings. The van der Waals surface area contributed by atoms with Crippen LogP contribution in [0.3, 0.4) is 0 Å². The number of thiocarbonyl (C=S) groups is 1. The molecule has 1 aliphatic rings. The molecule has 1 aliphatic carbocycles. The summed E-state index contributed by atoms with van der Waals surface area (Å²) in [4.78, 5) is 19.4. The zero-order chi connectivity index (χ0) is 15.4. The average Bonchev–Trinajstić information content (AvgIpc) is 2.43. The number of aromatic nitrogens is 1. The van der Waals surface area contributed by atoms with Crippen molar-refractivity contribution in [3.8, 4) is 0 Å². The Labute approximate surface area is 130 Å². The summed E-state index contributed by atoms with van der Waals surface area (Å²) in [5.41, 5.74) is 1.95. The topological polar surface area (TPSA) is 51.5 Å². The van der Waals surface area contributed by atoms with Crippen molar-refractivity contribution in [3.05, 3.63) is 24.0 Å². The van der Waals surface area contributed by atoms with Crippen molar-refractivity contribution in [3.63, 3.8) is 0 Å². The van der Waals surface area contributed by atoms with E-state index in [9.17, 15) is 4.79 Å². The molecule has 21 heavy (non-hydrogen) atoms. The van der Waals surface area contributed by atoms with Crippen molar-refractivity contribution in [2.45, 2.75) is 45.6 Å². The van der Waals surface area contributed by atoms with Gasteiger partial charge in [-0.05, 0) is 54.4 Å². The Morgan fingerprint density at radius 1 is 1.43 bits per heavy atom. The quantitative estimate of drug-likeness (QED) is 0.483. The van der Waals surface area contributed by atoms with Crippen molar-refractivity contribution in [1.82, 2.24) is 4.98 Å². The van der Waals surface area contributed by atoms with Gasteiger partial charge >= 0.3 is 5.97 Å². The predicted octanol–water partition coefficient (Wildman–Crippen LogP) is 3.90. The summed E-state index contributed by atoms with van der Waals surface area (Å²) in [5, 5.41) is 2.42. The van der Waals surface area contributed by atoms with Gasteiger partial charge in [0.2, 0.25) is 0 Å². The first-order valence-electron chi connectivity index (χ1n) is 7.22. The molecule has 5 heteroatoms. The van der Waals surface area contributed by atoms with Crippen LogP contribution in [-0.4, -0.2) is 22.2 Å². The second kappa shape index (κ2) is 6.92. The fourth-order valence-electron chi connectivity index (χ4n) is 3.39. The van der Waals surface area contributed by atoms with Crippen LogP contribution >= 0.6 is 12.2 Å². The second-order valence-corrected chi connectivity index (χ2v) is 6.02. The van der Waals surface area contributed by atoms with Crippen LogP contribution in [0, 0.1) is 11.8 Å². The Morgan fingerprint density at radius 2 is 2.10 bits per heavy atom. The molecule has 0 bridgehead atoms. The lowest BCUT2D eigenvalue weighted by molar-refractivity contribution is -0.154. The van der Waals surface area contributed by atoms with Crippen LogP contribution in [-0.2, 0) is 9.53 Å². The molecule has 1 heterocycles. The van der Waals surface area contributed by atoms with Gasteiger partial charge in [-0.15, -0.1) is 0 Å². The largest absolute Gasteiger partial charge is 0.462 e. The highest BCUT2D eigenvalue weighted by Gasteiger charge is 2.36. The van der Waals surface area contributed by atoms with Crippen molar-refractivity contribution in [2.75, 3.05) is 0 Å². The van der Waals surface area contributed by atoms with Crippen molar-refractivity contribution in [1.29, 1.82) is 0 Å². The molecule has 2 rings (SSSR count). The number of aliphatic imine (C=N–C) groups is 1. The van der Waals surface area contributed by atoms with Crippen LogP contribution in [0.15, 0.2) is 23.5 Å². The lowest BCUT2D eigenvalue weighted by atomic mass is 9.72. The maximum absolute atomic E-state index is 11.2. The predicted molar refractivity (Wildman–Crippen MR) is 84.8 cm³/mol. The van der Waals surface area contributed by atoms with Crippen LogP contribution in [0.25, 0.3) is 0 Å². The monoisotopic (exact) mass is 304 g/mol. The van der Waals surface area contributed by atoms with E-state index in [0.717, 1.165) is 24.1 Å². The maximum Gasteiger partial charge on any atom is 0.302 e. The lowest BCUT2D eigenvalue weighted by Gasteiger charge is -2.38. The van der Waals surface area contributed by atoms with E-state index >= 15 is 0 Å². The molecule has 0 radical (unpaired) electrons. The zero-order valence-corrected chi connectivity index (χ0v) is 13.4. The van der Waals surface area contributed by atoms with Crippen LogP contribution in [0.2, 0.25) is 0 Å². The van der Waals surface area contributed by atoms with E-state index in [1.165, 1.54) is 6.92 Å². The fraction of sp³-hybridized carbons (Fsp3) is 0.562. The minimum atomic E-state index is -0.202. The van der Waals surface area contributed by atoms with Gasteiger partial charge in [0, 0.05) is 13.1 Å². The third kappa shape index (κ3) is 3.74. The molecular weight excluding hydrogens is 284 g/mol. The number of isothiocyanates is 1. The first kappa shape index (κ1) is 15.8. The first-order valence-corrected chi connectivity index (χ1v) is 7.62. The number of esters is 1. The van der Waals surface area contributed by atoms with Gasteiger partial charge in [0.05, 0.1) is 17.0 Å². The smallest absolute Gasteiger partial charge is 0.302 e. The van der Waals surface area contributed by atoms with E-state index in [4.69, 9.17) is 17.0 Å². The normalized spacial score (nSPS) is 28.5. The molecule has 112 valence electrons. The number of rotatable bonds is 3. The van der Waals surface area contributed by atoms with E-state index in [1.54, 1.807) is 12.4 Å². The molecule has 1 aromatic heterocycles. The van der Waals surface area contributed by atoms with Crippen molar-refractivity contribution in [2.24, 2.45) is 16.8 Å². The highest BCUT2D eigenvalue weighted by atomic mass is 32.1. The number of hydrogen-bond acceptors (Lipinski definition) is 5. The van der Waals surface area contributed by atoms with Crippen molar-refractivity contribution < 1.29 is 9.53 Å². The van der Waals surface area contributed by atoms with Crippen LogP contribution in [0.5, 0.6) is 0 Å². The van der Waals surface area contributed by atoms with Gasteiger partial charge in [0.1, 0.15) is 6.10 Å². The standard InChI is InChI=1S/C16H20N2O2S/c1-10-6-13(7-11(2)16(10)20-12(3)19)14-4-5-17-8-15(14)18-9-21/h4-5,8,10-11,13,16H,6-7H2,1-3H3/t10-,11+,13+,16+. The Balaban J connectivity index is 2.21.